The summed E-state index contributed by atoms with van der Waals surface area (Å²) in [5.41, 5.74) is 2.99. The van der Waals surface area contributed by atoms with Gasteiger partial charge in [0.15, 0.2) is 0 Å². The van der Waals surface area contributed by atoms with E-state index in [-0.39, 0.29) is 5.91 Å². The summed E-state index contributed by atoms with van der Waals surface area (Å²) in [6, 6.07) is 22.2. The van der Waals surface area contributed by atoms with Crippen LogP contribution in [0.2, 0.25) is 0 Å². The molecule has 0 radical (unpaired) electrons. The third kappa shape index (κ3) is 4.41. The lowest BCUT2D eigenvalue weighted by Gasteiger charge is -2.34. The van der Waals surface area contributed by atoms with Crippen LogP contribution in [0.1, 0.15) is 15.9 Å². The number of hydrogen-bond acceptors (Lipinski definition) is 2. The highest BCUT2D eigenvalue weighted by atomic mass is 16.2. The van der Waals surface area contributed by atoms with Crippen molar-refractivity contribution in [1.82, 2.24) is 14.4 Å². The molecular formula is C24H25N3O. The second kappa shape index (κ2) is 8.72. The van der Waals surface area contributed by atoms with Gasteiger partial charge in [-0.3, -0.25) is 9.69 Å². The van der Waals surface area contributed by atoms with Crippen molar-refractivity contribution >= 4 is 12.0 Å². The molecule has 4 nitrogen and oxygen atoms in total. The van der Waals surface area contributed by atoms with E-state index in [1.54, 1.807) is 0 Å². The molecule has 0 atom stereocenters. The maximum atomic E-state index is 12.9. The minimum atomic E-state index is 0.119. The van der Waals surface area contributed by atoms with Gasteiger partial charge in [-0.05, 0) is 35.9 Å². The summed E-state index contributed by atoms with van der Waals surface area (Å²) in [7, 11) is 0. The second-order valence-electron chi connectivity index (χ2n) is 7.05. The van der Waals surface area contributed by atoms with Crippen molar-refractivity contribution in [3.8, 4) is 5.69 Å². The Morgan fingerprint density at radius 1 is 0.857 bits per heavy atom. The van der Waals surface area contributed by atoms with Gasteiger partial charge < -0.3 is 9.47 Å². The van der Waals surface area contributed by atoms with Crippen molar-refractivity contribution in [2.24, 2.45) is 0 Å². The van der Waals surface area contributed by atoms with E-state index in [1.165, 1.54) is 5.56 Å². The van der Waals surface area contributed by atoms with Crippen LogP contribution in [0.15, 0.2) is 85.2 Å². The number of rotatable bonds is 5. The summed E-state index contributed by atoms with van der Waals surface area (Å²) in [5.74, 6) is 0.119. The number of amides is 1. The van der Waals surface area contributed by atoms with Gasteiger partial charge in [0.1, 0.15) is 0 Å². The Labute approximate surface area is 166 Å². The fourth-order valence-corrected chi connectivity index (χ4v) is 3.52. The monoisotopic (exact) mass is 371 g/mol. The zero-order valence-corrected chi connectivity index (χ0v) is 15.9. The van der Waals surface area contributed by atoms with Crippen molar-refractivity contribution in [3.63, 3.8) is 0 Å². The summed E-state index contributed by atoms with van der Waals surface area (Å²) in [4.78, 5) is 17.3. The normalized spacial score (nSPS) is 15.2. The first kappa shape index (κ1) is 18.3. The quantitative estimate of drug-likeness (QED) is 0.679. The van der Waals surface area contributed by atoms with Crippen LogP contribution in [0, 0.1) is 0 Å². The van der Waals surface area contributed by atoms with E-state index in [2.05, 4.69) is 41.3 Å². The van der Waals surface area contributed by atoms with Crippen molar-refractivity contribution in [1.29, 1.82) is 0 Å². The Morgan fingerprint density at radius 3 is 2.36 bits per heavy atom. The average molecular weight is 371 g/mol. The molecule has 3 aromatic rings. The van der Waals surface area contributed by atoms with E-state index >= 15 is 0 Å². The second-order valence-corrected chi connectivity index (χ2v) is 7.05. The first-order chi connectivity index (χ1) is 13.8. The van der Waals surface area contributed by atoms with Gasteiger partial charge in [-0.2, -0.15) is 0 Å². The molecule has 0 N–H and O–H groups in total. The Kier molecular flexibility index (Phi) is 5.69. The molecule has 1 saturated heterocycles. The molecule has 1 amide bonds. The number of carbonyl (C=O) groups is 1. The molecule has 1 aliphatic heterocycles. The van der Waals surface area contributed by atoms with E-state index < -0.39 is 0 Å². The maximum absolute atomic E-state index is 12.9. The number of piperazine rings is 1. The van der Waals surface area contributed by atoms with Crippen LogP contribution in [0.25, 0.3) is 11.8 Å². The number of benzene rings is 2. The number of aromatic nitrogens is 1. The molecule has 0 spiro atoms. The number of nitrogens with zero attached hydrogens (tertiary/aromatic N) is 3. The van der Waals surface area contributed by atoms with E-state index in [1.807, 2.05) is 64.3 Å². The van der Waals surface area contributed by atoms with Crippen LogP contribution in [-0.2, 0) is 0 Å². The van der Waals surface area contributed by atoms with Crippen LogP contribution in [0.3, 0.4) is 0 Å². The van der Waals surface area contributed by atoms with Gasteiger partial charge in [0.2, 0.25) is 0 Å². The molecule has 0 unspecified atom stereocenters. The molecule has 4 rings (SSSR count). The SMILES string of the molecule is O=C(c1cccc(-n2cccc2)c1)N1CCN(CC=Cc2ccccc2)CC1. The minimum absolute atomic E-state index is 0.119. The highest BCUT2D eigenvalue weighted by Crippen LogP contribution is 2.14. The minimum Gasteiger partial charge on any atom is -0.336 e. The third-order valence-electron chi connectivity index (χ3n) is 5.13. The Hall–Kier alpha value is -3.11. The summed E-state index contributed by atoms with van der Waals surface area (Å²) >= 11 is 0. The van der Waals surface area contributed by atoms with Gasteiger partial charge in [0.05, 0.1) is 0 Å². The van der Waals surface area contributed by atoms with Crippen molar-refractivity contribution in [2.75, 3.05) is 32.7 Å². The summed E-state index contributed by atoms with van der Waals surface area (Å²) < 4.78 is 2.02. The highest BCUT2D eigenvalue weighted by Gasteiger charge is 2.21. The lowest BCUT2D eigenvalue weighted by Crippen LogP contribution is -2.48. The Bertz CT molecular complexity index is 924. The fraction of sp³-hybridized carbons (Fsp3) is 0.208. The average Bonchev–Trinajstić information content (AvgIpc) is 3.30. The van der Waals surface area contributed by atoms with Gasteiger partial charge >= 0.3 is 0 Å². The van der Waals surface area contributed by atoms with Crippen molar-refractivity contribution in [2.45, 2.75) is 0 Å². The highest BCUT2D eigenvalue weighted by molar-refractivity contribution is 5.94. The van der Waals surface area contributed by atoms with Gasteiger partial charge in [-0.1, -0.05) is 48.6 Å². The molecule has 2 heterocycles. The van der Waals surface area contributed by atoms with Gasteiger partial charge in [0.25, 0.3) is 5.91 Å². The van der Waals surface area contributed by atoms with Crippen LogP contribution >= 0.6 is 0 Å². The molecule has 1 aromatic heterocycles. The van der Waals surface area contributed by atoms with Gasteiger partial charge in [-0.25, -0.2) is 0 Å². The number of hydrogen-bond donors (Lipinski definition) is 0. The number of carbonyl (C=O) groups excluding carboxylic acids is 1. The lowest BCUT2D eigenvalue weighted by molar-refractivity contribution is 0.0650. The molecule has 0 aliphatic carbocycles. The van der Waals surface area contributed by atoms with Crippen LogP contribution in [-0.4, -0.2) is 53.0 Å². The predicted molar refractivity (Wildman–Crippen MR) is 114 cm³/mol. The lowest BCUT2D eigenvalue weighted by atomic mass is 10.1. The summed E-state index contributed by atoms with van der Waals surface area (Å²) in [5, 5.41) is 0. The molecular weight excluding hydrogens is 346 g/mol. The zero-order chi connectivity index (χ0) is 19.2. The summed E-state index contributed by atoms with van der Waals surface area (Å²) in [6.07, 6.45) is 8.34. The molecule has 1 aliphatic rings. The Morgan fingerprint density at radius 2 is 1.61 bits per heavy atom. The first-order valence-electron chi connectivity index (χ1n) is 9.76. The molecule has 2 aromatic carbocycles. The smallest absolute Gasteiger partial charge is 0.254 e. The van der Waals surface area contributed by atoms with Crippen LogP contribution < -0.4 is 0 Å². The van der Waals surface area contributed by atoms with Gasteiger partial charge in [0, 0.05) is 56.4 Å². The predicted octanol–water partition coefficient (Wildman–Crippen LogP) is 3.95. The van der Waals surface area contributed by atoms with E-state index in [0.29, 0.717) is 0 Å². The molecule has 0 bridgehead atoms. The topological polar surface area (TPSA) is 28.5 Å². The van der Waals surface area contributed by atoms with E-state index in [9.17, 15) is 4.79 Å². The van der Waals surface area contributed by atoms with E-state index in [4.69, 9.17) is 0 Å². The van der Waals surface area contributed by atoms with Crippen LogP contribution in [0.5, 0.6) is 0 Å². The Balaban J connectivity index is 1.32. The fourth-order valence-electron chi connectivity index (χ4n) is 3.52. The van der Waals surface area contributed by atoms with E-state index in [0.717, 1.165) is 44.0 Å². The first-order valence-corrected chi connectivity index (χ1v) is 9.76. The molecule has 142 valence electrons. The summed E-state index contributed by atoms with van der Waals surface area (Å²) in [6.45, 7) is 4.27. The van der Waals surface area contributed by atoms with Crippen molar-refractivity contribution < 1.29 is 4.79 Å². The maximum Gasteiger partial charge on any atom is 0.254 e. The van der Waals surface area contributed by atoms with Gasteiger partial charge in [-0.15, -0.1) is 0 Å². The molecule has 1 fully saturated rings. The van der Waals surface area contributed by atoms with Crippen molar-refractivity contribution in [3.05, 3.63) is 96.3 Å². The third-order valence-corrected chi connectivity index (χ3v) is 5.13. The zero-order valence-electron chi connectivity index (χ0n) is 15.9. The standard InChI is InChI=1S/C24H25N3O/c28-24(22-11-6-12-23(20-22)26-14-4-5-15-26)27-18-16-25(17-19-27)13-7-10-21-8-2-1-3-9-21/h1-12,14-15,20H,13,16-19H2. The van der Waals surface area contributed by atoms with Crippen LogP contribution in [0.4, 0.5) is 0 Å². The molecule has 4 heteroatoms. The molecule has 28 heavy (non-hydrogen) atoms. The molecule has 0 saturated carbocycles. The largest absolute Gasteiger partial charge is 0.336 e.